The smallest absolute Gasteiger partial charge is 0.136 e. The van der Waals surface area contributed by atoms with E-state index >= 15 is 0 Å². The van der Waals surface area contributed by atoms with Gasteiger partial charge in [0.15, 0.2) is 0 Å². The van der Waals surface area contributed by atoms with Gasteiger partial charge in [0.25, 0.3) is 0 Å². The van der Waals surface area contributed by atoms with Crippen molar-refractivity contribution in [3.63, 3.8) is 0 Å². The summed E-state index contributed by atoms with van der Waals surface area (Å²) in [5, 5.41) is 0. The molecule has 0 spiro atoms. The molecule has 0 aliphatic carbocycles. The molecule has 1 aromatic carbocycles. The van der Waals surface area contributed by atoms with Crippen molar-refractivity contribution < 1.29 is 4.74 Å². The summed E-state index contributed by atoms with van der Waals surface area (Å²) in [7, 11) is 0. The van der Waals surface area contributed by atoms with Crippen LogP contribution < -0.4 is 4.74 Å². The zero-order chi connectivity index (χ0) is 11.0. The van der Waals surface area contributed by atoms with Crippen LogP contribution in [0.5, 0.6) is 5.75 Å². The second-order valence-corrected chi connectivity index (χ2v) is 5.02. The Morgan fingerprint density at radius 3 is 3.19 bits per heavy atom. The number of benzene rings is 1. The van der Waals surface area contributed by atoms with Crippen LogP contribution in [0.25, 0.3) is 0 Å². The first kappa shape index (κ1) is 10.1. The molecular formula is C12H11IN2O. The van der Waals surface area contributed by atoms with E-state index in [0.717, 1.165) is 18.8 Å². The molecule has 0 bridgehead atoms. The van der Waals surface area contributed by atoms with Crippen LogP contribution in [0.2, 0.25) is 0 Å². The van der Waals surface area contributed by atoms with Crippen molar-refractivity contribution in [2.45, 2.75) is 12.3 Å². The second-order valence-electron chi connectivity index (χ2n) is 3.85. The predicted molar refractivity (Wildman–Crippen MR) is 69.7 cm³/mol. The molecule has 1 unspecified atom stereocenters. The Kier molecular flexibility index (Phi) is 2.59. The Balaban J connectivity index is 2.10. The summed E-state index contributed by atoms with van der Waals surface area (Å²) in [5.41, 5.74) is 2.44. The lowest BCUT2D eigenvalue weighted by atomic mass is 9.91. The van der Waals surface area contributed by atoms with Gasteiger partial charge in [-0.3, -0.25) is 0 Å². The molecule has 0 saturated carbocycles. The van der Waals surface area contributed by atoms with Gasteiger partial charge in [0, 0.05) is 23.4 Å². The normalized spacial score (nSPS) is 18.9. The highest BCUT2D eigenvalue weighted by Crippen LogP contribution is 2.39. The van der Waals surface area contributed by atoms with Crippen molar-refractivity contribution in [3.8, 4) is 5.75 Å². The Bertz CT molecular complexity index is 496. The van der Waals surface area contributed by atoms with E-state index in [4.69, 9.17) is 4.74 Å². The molecule has 0 amide bonds. The molecule has 3 rings (SSSR count). The predicted octanol–water partition coefficient (Wildman–Crippen LogP) is 2.93. The third kappa shape index (κ3) is 1.61. The van der Waals surface area contributed by atoms with Crippen LogP contribution in [-0.2, 0) is 0 Å². The van der Waals surface area contributed by atoms with Crippen molar-refractivity contribution in [3.05, 3.63) is 45.6 Å². The third-order valence-corrected chi connectivity index (χ3v) is 3.77. The monoisotopic (exact) mass is 326 g/mol. The second kappa shape index (κ2) is 4.08. The highest BCUT2D eigenvalue weighted by Gasteiger charge is 2.25. The maximum absolute atomic E-state index is 5.74. The molecule has 1 aliphatic rings. The molecular weight excluding hydrogens is 315 g/mol. The Morgan fingerprint density at radius 2 is 2.38 bits per heavy atom. The minimum atomic E-state index is 0.390. The number of halogens is 1. The van der Waals surface area contributed by atoms with Gasteiger partial charge in [-0.2, -0.15) is 0 Å². The molecule has 1 aliphatic heterocycles. The van der Waals surface area contributed by atoms with Gasteiger partial charge in [-0.1, -0.05) is 12.1 Å². The number of aromatic amines is 1. The van der Waals surface area contributed by atoms with Crippen LogP contribution in [0.1, 0.15) is 23.6 Å². The largest absolute Gasteiger partial charge is 0.492 e. The number of hydrogen-bond acceptors (Lipinski definition) is 2. The fraction of sp³-hybridized carbons (Fsp3) is 0.250. The number of imidazole rings is 1. The summed E-state index contributed by atoms with van der Waals surface area (Å²) in [5.74, 6) is 1.43. The maximum Gasteiger partial charge on any atom is 0.136 e. The first-order valence-electron chi connectivity index (χ1n) is 5.26. The maximum atomic E-state index is 5.74. The lowest BCUT2D eigenvalue weighted by Crippen LogP contribution is -2.16. The van der Waals surface area contributed by atoms with Crippen molar-refractivity contribution >= 4 is 22.6 Å². The number of H-pyrrole nitrogens is 1. The fourth-order valence-corrected chi connectivity index (χ4v) is 2.84. The molecule has 16 heavy (non-hydrogen) atoms. The molecule has 0 fully saturated rings. The minimum Gasteiger partial charge on any atom is -0.492 e. The van der Waals surface area contributed by atoms with Gasteiger partial charge >= 0.3 is 0 Å². The van der Waals surface area contributed by atoms with Gasteiger partial charge in [0.1, 0.15) is 5.75 Å². The van der Waals surface area contributed by atoms with E-state index in [1.807, 2.05) is 6.20 Å². The first-order chi connectivity index (χ1) is 7.86. The van der Waals surface area contributed by atoms with E-state index in [1.54, 1.807) is 6.33 Å². The van der Waals surface area contributed by atoms with Gasteiger partial charge in [-0.25, -0.2) is 4.98 Å². The van der Waals surface area contributed by atoms with Gasteiger partial charge in [0.2, 0.25) is 0 Å². The van der Waals surface area contributed by atoms with E-state index in [1.165, 1.54) is 14.8 Å². The molecule has 2 heterocycles. The van der Waals surface area contributed by atoms with E-state index in [0.29, 0.717) is 5.92 Å². The highest BCUT2D eigenvalue weighted by molar-refractivity contribution is 14.1. The molecule has 0 radical (unpaired) electrons. The van der Waals surface area contributed by atoms with Gasteiger partial charge in [-0.15, -0.1) is 0 Å². The first-order valence-corrected chi connectivity index (χ1v) is 6.33. The zero-order valence-corrected chi connectivity index (χ0v) is 10.8. The summed E-state index contributed by atoms with van der Waals surface area (Å²) in [4.78, 5) is 7.29. The molecule has 2 aromatic rings. The Labute approximate surface area is 107 Å². The average molecular weight is 326 g/mol. The molecule has 3 nitrogen and oxygen atoms in total. The summed E-state index contributed by atoms with van der Waals surface area (Å²) in [6.45, 7) is 0.775. The van der Waals surface area contributed by atoms with Crippen molar-refractivity contribution in [2.75, 3.05) is 6.61 Å². The van der Waals surface area contributed by atoms with Gasteiger partial charge < -0.3 is 9.72 Å². The lowest BCUT2D eigenvalue weighted by molar-refractivity contribution is 0.274. The Morgan fingerprint density at radius 1 is 1.44 bits per heavy atom. The summed E-state index contributed by atoms with van der Waals surface area (Å²) in [6.07, 6.45) is 4.65. The number of fused-ring (bicyclic) bond motifs is 1. The standard InChI is InChI=1S/C12H11IN2O/c13-10-3-1-2-9-8(4-5-16-12(9)10)11-6-14-7-15-11/h1-3,6-8H,4-5H2,(H,14,15). The number of rotatable bonds is 1. The Hall–Kier alpha value is -1.04. The number of ether oxygens (including phenoxy) is 1. The van der Waals surface area contributed by atoms with Crippen LogP contribution in [0.4, 0.5) is 0 Å². The van der Waals surface area contributed by atoms with Crippen LogP contribution in [0.15, 0.2) is 30.7 Å². The quantitative estimate of drug-likeness (QED) is 0.819. The number of para-hydroxylation sites is 1. The van der Waals surface area contributed by atoms with E-state index < -0.39 is 0 Å². The average Bonchev–Trinajstić information content (AvgIpc) is 2.82. The molecule has 4 heteroatoms. The van der Waals surface area contributed by atoms with Crippen LogP contribution in [0.3, 0.4) is 0 Å². The molecule has 0 saturated heterocycles. The van der Waals surface area contributed by atoms with Crippen LogP contribution in [0, 0.1) is 3.57 Å². The topological polar surface area (TPSA) is 37.9 Å². The van der Waals surface area contributed by atoms with Crippen LogP contribution >= 0.6 is 22.6 Å². The van der Waals surface area contributed by atoms with Crippen molar-refractivity contribution in [1.29, 1.82) is 0 Å². The molecule has 82 valence electrons. The minimum absolute atomic E-state index is 0.390. The SMILES string of the molecule is Ic1cccc2c1OCCC2c1cnc[nH]1. The van der Waals surface area contributed by atoms with Crippen molar-refractivity contribution in [1.82, 2.24) is 9.97 Å². The molecule has 1 N–H and O–H groups in total. The molecule has 1 atom stereocenters. The number of nitrogens with zero attached hydrogens (tertiary/aromatic N) is 1. The van der Waals surface area contributed by atoms with E-state index in [2.05, 4.69) is 50.8 Å². The number of nitrogens with one attached hydrogen (secondary N) is 1. The summed E-state index contributed by atoms with van der Waals surface area (Å²) >= 11 is 2.32. The highest BCUT2D eigenvalue weighted by atomic mass is 127. The van der Waals surface area contributed by atoms with E-state index in [9.17, 15) is 0 Å². The number of aromatic nitrogens is 2. The van der Waals surface area contributed by atoms with Gasteiger partial charge in [0.05, 0.1) is 16.5 Å². The summed E-state index contributed by atoms with van der Waals surface area (Å²) in [6, 6.07) is 6.30. The van der Waals surface area contributed by atoms with E-state index in [-0.39, 0.29) is 0 Å². The third-order valence-electron chi connectivity index (χ3n) is 2.92. The lowest BCUT2D eigenvalue weighted by Gasteiger charge is -2.25. The fourth-order valence-electron chi connectivity index (χ4n) is 2.17. The summed E-state index contributed by atoms with van der Waals surface area (Å²) < 4.78 is 6.92. The zero-order valence-electron chi connectivity index (χ0n) is 8.61. The van der Waals surface area contributed by atoms with Gasteiger partial charge in [-0.05, 0) is 35.1 Å². The number of hydrogen-bond donors (Lipinski definition) is 1. The van der Waals surface area contributed by atoms with Crippen molar-refractivity contribution in [2.24, 2.45) is 0 Å². The van der Waals surface area contributed by atoms with Crippen LogP contribution in [-0.4, -0.2) is 16.6 Å². The molecule has 1 aromatic heterocycles.